The van der Waals surface area contributed by atoms with Gasteiger partial charge >= 0.3 is 5.97 Å². The highest BCUT2D eigenvalue weighted by atomic mass is 79.9. The summed E-state index contributed by atoms with van der Waals surface area (Å²) < 4.78 is 1.02. The van der Waals surface area contributed by atoms with Crippen molar-refractivity contribution in [2.75, 3.05) is 12.3 Å². The zero-order chi connectivity index (χ0) is 14.3. The van der Waals surface area contributed by atoms with Crippen molar-refractivity contribution in [2.24, 2.45) is 0 Å². The predicted molar refractivity (Wildman–Crippen MR) is 79.5 cm³/mol. The average Bonchev–Trinajstić information content (AvgIpc) is 2.33. The lowest BCUT2D eigenvalue weighted by atomic mass is 10.2. The molecule has 0 unspecified atom stereocenters. The summed E-state index contributed by atoms with van der Waals surface area (Å²) in [4.78, 5) is 22.9. The maximum absolute atomic E-state index is 11.6. The van der Waals surface area contributed by atoms with E-state index in [1.807, 2.05) is 25.1 Å². The van der Waals surface area contributed by atoms with E-state index in [1.54, 1.807) is 0 Å². The van der Waals surface area contributed by atoms with Crippen LogP contribution in [0.4, 0.5) is 0 Å². The number of thioether (sulfide) groups is 1. The number of carboxylic acids is 1. The van der Waals surface area contributed by atoms with Gasteiger partial charge in [0.2, 0.25) is 5.91 Å². The number of halogens is 1. The van der Waals surface area contributed by atoms with Crippen LogP contribution in [0.3, 0.4) is 0 Å². The highest BCUT2D eigenvalue weighted by Gasteiger charge is 2.05. The number of aliphatic carboxylic acids is 1. The molecule has 1 aromatic rings. The van der Waals surface area contributed by atoms with Crippen LogP contribution in [-0.2, 0) is 9.59 Å². The van der Waals surface area contributed by atoms with Gasteiger partial charge in [0.1, 0.15) is 0 Å². The molecule has 0 spiro atoms. The number of carboxylic acid groups (broad SMARTS) is 1. The lowest BCUT2D eigenvalue weighted by Crippen LogP contribution is -2.26. The number of rotatable bonds is 7. The molecule has 0 atom stereocenters. The van der Waals surface area contributed by atoms with Gasteiger partial charge in [-0.3, -0.25) is 9.59 Å². The van der Waals surface area contributed by atoms with Gasteiger partial charge < -0.3 is 10.4 Å². The van der Waals surface area contributed by atoms with Crippen LogP contribution in [0, 0.1) is 6.92 Å². The normalized spacial score (nSPS) is 10.2. The van der Waals surface area contributed by atoms with Crippen LogP contribution in [0.15, 0.2) is 27.6 Å². The molecule has 0 bridgehead atoms. The van der Waals surface area contributed by atoms with Gasteiger partial charge in [0, 0.05) is 22.3 Å². The molecule has 1 aromatic carbocycles. The van der Waals surface area contributed by atoms with E-state index < -0.39 is 5.97 Å². The smallest absolute Gasteiger partial charge is 0.303 e. The molecule has 0 radical (unpaired) electrons. The van der Waals surface area contributed by atoms with E-state index in [-0.39, 0.29) is 12.3 Å². The summed E-state index contributed by atoms with van der Waals surface area (Å²) in [5.41, 5.74) is 1.12. The molecule has 0 aliphatic carbocycles. The fourth-order valence-corrected chi connectivity index (χ4v) is 2.75. The summed E-state index contributed by atoms with van der Waals surface area (Å²) in [6.45, 7) is 2.41. The third-order valence-electron chi connectivity index (χ3n) is 2.39. The first-order chi connectivity index (χ1) is 8.99. The Bertz CT molecular complexity index is 465. The molecule has 1 rings (SSSR count). The number of nitrogens with one attached hydrogen (secondary N) is 1. The average molecular weight is 346 g/mol. The molecule has 0 aromatic heterocycles. The zero-order valence-corrected chi connectivity index (χ0v) is 13.0. The van der Waals surface area contributed by atoms with Crippen molar-refractivity contribution in [3.8, 4) is 0 Å². The molecule has 0 saturated heterocycles. The Kier molecular flexibility index (Phi) is 6.94. The molecule has 104 valence electrons. The monoisotopic (exact) mass is 345 g/mol. The molecule has 2 N–H and O–H groups in total. The van der Waals surface area contributed by atoms with Crippen LogP contribution >= 0.6 is 27.7 Å². The fraction of sp³-hybridized carbons (Fsp3) is 0.385. The Labute approximate surface area is 125 Å². The van der Waals surface area contributed by atoms with Crippen LogP contribution in [0.1, 0.15) is 18.4 Å². The first-order valence-electron chi connectivity index (χ1n) is 5.86. The van der Waals surface area contributed by atoms with Gasteiger partial charge in [-0.25, -0.2) is 0 Å². The number of hydrogen-bond acceptors (Lipinski definition) is 3. The van der Waals surface area contributed by atoms with E-state index in [4.69, 9.17) is 5.11 Å². The minimum Gasteiger partial charge on any atom is -0.481 e. The largest absolute Gasteiger partial charge is 0.481 e. The number of aryl methyl sites for hydroxylation is 1. The van der Waals surface area contributed by atoms with Crippen molar-refractivity contribution in [3.05, 3.63) is 28.2 Å². The summed E-state index contributed by atoms with van der Waals surface area (Å²) in [6.07, 6.45) is 0.544. The van der Waals surface area contributed by atoms with Gasteiger partial charge in [0.25, 0.3) is 0 Å². The topological polar surface area (TPSA) is 66.4 Å². The minimum atomic E-state index is -0.839. The summed E-state index contributed by atoms with van der Waals surface area (Å²) in [5, 5.41) is 11.2. The first kappa shape index (κ1) is 16.0. The predicted octanol–water partition coefficient (Wildman–Crippen LogP) is 2.83. The van der Waals surface area contributed by atoms with E-state index >= 15 is 0 Å². The Morgan fingerprint density at radius 2 is 2.16 bits per heavy atom. The van der Waals surface area contributed by atoms with Crippen molar-refractivity contribution in [2.45, 2.75) is 24.7 Å². The standard InChI is InChI=1S/C13H16BrNO3S/c1-9-7-10(14)4-5-11(9)19-8-12(16)15-6-2-3-13(17)18/h4-5,7H,2-3,6,8H2,1H3,(H,15,16)(H,17,18). The van der Waals surface area contributed by atoms with E-state index in [9.17, 15) is 9.59 Å². The molecule has 0 saturated carbocycles. The molecular weight excluding hydrogens is 330 g/mol. The Morgan fingerprint density at radius 1 is 1.42 bits per heavy atom. The maximum atomic E-state index is 11.6. The Hall–Kier alpha value is -1.01. The van der Waals surface area contributed by atoms with Crippen molar-refractivity contribution in [3.63, 3.8) is 0 Å². The molecule has 0 heterocycles. The molecule has 0 fully saturated rings. The highest BCUT2D eigenvalue weighted by Crippen LogP contribution is 2.24. The molecule has 0 aliphatic rings. The van der Waals surface area contributed by atoms with E-state index in [1.165, 1.54) is 11.8 Å². The van der Waals surface area contributed by atoms with Gasteiger partial charge in [-0.15, -0.1) is 11.8 Å². The number of carbonyl (C=O) groups excluding carboxylic acids is 1. The Balaban J connectivity index is 2.28. The summed E-state index contributed by atoms with van der Waals surface area (Å²) in [7, 11) is 0. The van der Waals surface area contributed by atoms with Crippen molar-refractivity contribution >= 4 is 39.6 Å². The van der Waals surface area contributed by atoms with Gasteiger partial charge in [-0.05, 0) is 37.1 Å². The van der Waals surface area contributed by atoms with Crippen LogP contribution in [0.5, 0.6) is 0 Å². The van der Waals surface area contributed by atoms with Crippen LogP contribution in [-0.4, -0.2) is 29.3 Å². The lowest BCUT2D eigenvalue weighted by molar-refractivity contribution is -0.137. The molecule has 6 heteroatoms. The van der Waals surface area contributed by atoms with Crippen molar-refractivity contribution in [1.29, 1.82) is 0 Å². The third kappa shape index (κ3) is 6.63. The maximum Gasteiger partial charge on any atom is 0.303 e. The third-order valence-corrected chi connectivity index (χ3v) is 4.05. The molecular formula is C13H16BrNO3S. The second-order valence-corrected chi connectivity index (χ2v) is 5.98. The number of hydrogen-bond donors (Lipinski definition) is 2. The molecule has 0 aliphatic heterocycles. The lowest BCUT2D eigenvalue weighted by Gasteiger charge is -2.07. The van der Waals surface area contributed by atoms with E-state index in [2.05, 4.69) is 21.2 Å². The Morgan fingerprint density at radius 3 is 2.79 bits per heavy atom. The minimum absolute atomic E-state index is 0.0716. The first-order valence-corrected chi connectivity index (χ1v) is 7.64. The number of benzene rings is 1. The van der Waals surface area contributed by atoms with Crippen LogP contribution in [0.2, 0.25) is 0 Å². The second-order valence-electron chi connectivity index (χ2n) is 4.05. The molecule has 4 nitrogen and oxygen atoms in total. The zero-order valence-electron chi connectivity index (χ0n) is 10.6. The molecule has 1 amide bonds. The van der Waals surface area contributed by atoms with Gasteiger partial charge in [-0.1, -0.05) is 15.9 Å². The van der Waals surface area contributed by atoms with Crippen molar-refractivity contribution in [1.82, 2.24) is 5.32 Å². The summed E-state index contributed by atoms with van der Waals surface area (Å²) >= 11 is 4.87. The quantitative estimate of drug-likeness (QED) is 0.589. The van der Waals surface area contributed by atoms with Gasteiger partial charge in [0.15, 0.2) is 0 Å². The summed E-state index contributed by atoms with van der Waals surface area (Å²) in [5.74, 6) is -0.568. The van der Waals surface area contributed by atoms with E-state index in [0.717, 1.165) is 14.9 Å². The van der Waals surface area contributed by atoms with E-state index in [0.29, 0.717) is 18.7 Å². The fourth-order valence-electron chi connectivity index (χ4n) is 1.44. The summed E-state index contributed by atoms with van der Waals surface area (Å²) in [6, 6.07) is 5.93. The van der Waals surface area contributed by atoms with Gasteiger partial charge in [0.05, 0.1) is 5.75 Å². The van der Waals surface area contributed by atoms with Crippen molar-refractivity contribution < 1.29 is 14.7 Å². The highest BCUT2D eigenvalue weighted by molar-refractivity contribution is 9.10. The molecule has 19 heavy (non-hydrogen) atoms. The van der Waals surface area contributed by atoms with Gasteiger partial charge in [-0.2, -0.15) is 0 Å². The second kappa shape index (κ2) is 8.22. The number of amides is 1. The SMILES string of the molecule is Cc1cc(Br)ccc1SCC(=O)NCCCC(=O)O. The van der Waals surface area contributed by atoms with Crippen LogP contribution in [0.25, 0.3) is 0 Å². The number of carbonyl (C=O) groups is 2. The van der Waals surface area contributed by atoms with Crippen LogP contribution < -0.4 is 5.32 Å².